The lowest BCUT2D eigenvalue weighted by atomic mass is 9.99. The highest BCUT2D eigenvalue weighted by Gasteiger charge is 2.45. The molecule has 342 valence electrons. The molecule has 1 heterocycles. The molecule has 0 radical (unpaired) electrons. The van der Waals surface area contributed by atoms with Crippen molar-refractivity contribution in [3.05, 3.63) is 24.3 Å². The highest BCUT2D eigenvalue weighted by molar-refractivity contribution is 5.80. The van der Waals surface area contributed by atoms with Crippen molar-refractivity contribution < 1.29 is 44.9 Å². The van der Waals surface area contributed by atoms with Crippen molar-refractivity contribution in [1.29, 1.82) is 0 Å². The van der Waals surface area contributed by atoms with Crippen LogP contribution >= 0.6 is 0 Å². The molecule has 7 N–H and O–H groups in total. The molecule has 0 bridgehead atoms. The number of aliphatic hydroxyl groups excluding tert-OH is 6. The van der Waals surface area contributed by atoms with E-state index >= 15 is 0 Å². The van der Waals surface area contributed by atoms with E-state index in [2.05, 4.69) is 31.3 Å². The number of nitrogens with one attached hydrogen (secondary N) is 1. The summed E-state index contributed by atoms with van der Waals surface area (Å²) in [5.74, 6) is -0.733. The second-order valence-electron chi connectivity index (χ2n) is 17.0. The van der Waals surface area contributed by atoms with Crippen LogP contribution in [-0.4, -0.2) is 92.3 Å². The van der Waals surface area contributed by atoms with E-state index < -0.39 is 61.7 Å². The van der Waals surface area contributed by atoms with Crippen LogP contribution in [-0.2, 0) is 14.3 Å². The van der Waals surface area contributed by atoms with Gasteiger partial charge < -0.3 is 45.4 Å². The van der Waals surface area contributed by atoms with Gasteiger partial charge in [-0.3, -0.25) is 4.79 Å². The first-order valence-electron chi connectivity index (χ1n) is 24.2. The highest BCUT2D eigenvalue weighted by atomic mass is 16.7. The van der Waals surface area contributed by atoms with E-state index in [1.54, 1.807) is 6.08 Å². The Morgan fingerprint density at radius 2 is 0.983 bits per heavy atom. The van der Waals surface area contributed by atoms with E-state index in [0.29, 0.717) is 12.8 Å². The molecule has 0 aliphatic carbocycles. The summed E-state index contributed by atoms with van der Waals surface area (Å²) in [5, 5.41) is 64.8. The van der Waals surface area contributed by atoms with E-state index in [0.717, 1.165) is 32.1 Å². The van der Waals surface area contributed by atoms with E-state index in [9.17, 15) is 35.4 Å². The summed E-state index contributed by atoms with van der Waals surface area (Å²) >= 11 is 0. The maximum Gasteiger partial charge on any atom is 0.250 e. The Balaban J connectivity index is 2.38. The summed E-state index contributed by atoms with van der Waals surface area (Å²) in [6.07, 6.45) is 34.2. The summed E-state index contributed by atoms with van der Waals surface area (Å²) in [6, 6.07) is 0. The smallest absolute Gasteiger partial charge is 0.250 e. The van der Waals surface area contributed by atoms with Crippen molar-refractivity contribution in [3.63, 3.8) is 0 Å². The largest absolute Gasteiger partial charge is 0.394 e. The van der Waals surface area contributed by atoms with Gasteiger partial charge >= 0.3 is 0 Å². The van der Waals surface area contributed by atoms with Gasteiger partial charge in [-0.25, -0.2) is 0 Å². The van der Waals surface area contributed by atoms with Crippen LogP contribution in [0.4, 0.5) is 0 Å². The highest BCUT2D eigenvalue weighted by Crippen LogP contribution is 2.24. The molecule has 0 unspecified atom stereocenters. The number of hydrogen-bond acceptors (Lipinski definition) is 9. The first-order chi connectivity index (χ1) is 28.3. The van der Waals surface area contributed by atoms with E-state index in [1.165, 1.54) is 160 Å². The van der Waals surface area contributed by atoms with Crippen LogP contribution in [0.5, 0.6) is 0 Å². The number of carbonyl (C=O) groups is 1. The molecule has 1 aliphatic heterocycles. The van der Waals surface area contributed by atoms with E-state index in [1.807, 2.05) is 0 Å². The average molecular weight is 826 g/mol. The van der Waals surface area contributed by atoms with Crippen molar-refractivity contribution in [2.75, 3.05) is 6.61 Å². The fourth-order valence-corrected chi connectivity index (χ4v) is 7.65. The minimum Gasteiger partial charge on any atom is -0.394 e. The molecule has 0 aromatic heterocycles. The van der Waals surface area contributed by atoms with Gasteiger partial charge in [0.2, 0.25) is 0 Å². The van der Waals surface area contributed by atoms with Gasteiger partial charge in [0.15, 0.2) is 12.5 Å². The van der Waals surface area contributed by atoms with Crippen LogP contribution in [0.2, 0.25) is 0 Å². The molecule has 1 aliphatic rings. The summed E-state index contributed by atoms with van der Waals surface area (Å²) < 4.78 is 11.2. The molecule has 0 aromatic carbocycles. The quantitative estimate of drug-likeness (QED) is 0.0181. The second kappa shape index (κ2) is 38.5. The lowest BCUT2D eigenvalue weighted by molar-refractivity contribution is -0.317. The Kier molecular flexibility index (Phi) is 36.3. The molecule has 1 saturated heterocycles. The van der Waals surface area contributed by atoms with E-state index in [-0.39, 0.29) is 6.42 Å². The van der Waals surface area contributed by atoms with Crippen molar-refractivity contribution >= 4 is 5.91 Å². The SMILES string of the molecule is CCCCCCCCCCC/C=C\CC/C=C/[C@H](O)[C@@H](NC(=O)[C@@H](O)CCCCCCCCCCCCCCCCCCCCC)O[C@@H]1O[C@H](CO)[C@@H](O)[C@H](O)[C@H]1O. The molecule has 1 rings (SSSR count). The van der Waals surface area contributed by atoms with Crippen LogP contribution in [0.1, 0.15) is 219 Å². The fraction of sp³-hybridized carbons (Fsp3) is 0.896. The summed E-state index contributed by atoms with van der Waals surface area (Å²) in [6.45, 7) is 3.87. The van der Waals surface area contributed by atoms with Crippen molar-refractivity contribution in [1.82, 2.24) is 5.32 Å². The molecule has 58 heavy (non-hydrogen) atoms. The third-order valence-corrected chi connectivity index (χ3v) is 11.6. The molecule has 0 saturated carbocycles. The number of carbonyl (C=O) groups excluding carboxylic acids is 1. The summed E-state index contributed by atoms with van der Waals surface area (Å²) in [4.78, 5) is 13.0. The average Bonchev–Trinajstić information content (AvgIpc) is 3.22. The molecular weight excluding hydrogens is 735 g/mol. The first-order valence-corrected chi connectivity index (χ1v) is 24.2. The normalized spacial score (nSPS) is 21.6. The predicted molar refractivity (Wildman–Crippen MR) is 236 cm³/mol. The number of amides is 1. The van der Waals surface area contributed by atoms with Crippen molar-refractivity contribution in [3.8, 4) is 0 Å². The third-order valence-electron chi connectivity index (χ3n) is 11.6. The van der Waals surface area contributed by atoms with Gasteiger partial charge in [-0.1, -0.05) is 212 Å². The molecule has 1 amide bonds. The summed E-state index contributed by atoms with van der Waals surface area (Å²) in [5.41, 5.74) is 0. The second-order valence-corrected chi connectivity index (χ2v) is 17.0. The van der Waals surface area contributed by atoms with Gasteiger partial charge in [0.1, 0.15) is 36.6 Å². The lowest BCUT2D eigenvalue weighted by Crippen LogP contribution is -2.61. The van der Waals surface area contributed by atoms with Gasteiger partial charge in [-0.15, -0.1) is 0 Å². The standard InChI is InChI=1S/C48H91NO9/c1-3-5-7-9-11-13-15-17-19-20-21-22-24-25-27-29-31-33-35-37-40(51)46(56)49-47(58-48-45(55)44(54)43(53)42(39-50)57-48)41(52)38-36-34-32-30-28-26-23-18-16-14-12-10-8-6-4-2/h28,30,36,38,40-45,47-48,50-55H,3-27,29,31-35,37,39H2,1-2H3,(H,49,56)/b30-28-,38-36+/t40-,41-,42+,43+,44-,45+,47-,48-/m0/s1. The molecule has 8 atom stereocenters. The zero-order valence-corrected chi connectivity index (χ0v) is 37.2. The lowest BCUT2D eigenvalue weighted by Gasteiger charge is -2.41. The molecule has 0 spiro atoms. The molecular formula is C48H91NO9. The van der Waals surface area contributed by atoms with Crippen molar-refractivity contribution in [2.45, 2.75) is 268 Å². The maximum absolute atomic E-state index is 13.0. The van der Waals surface area contributed by atoms with Crippen LogP contribution in [0.3, 0.4) is 0 Å². The first kappa shape index (κ1) is 54.6. The van der Waals surface area contributed by atoms with Crippen LogP contribution in [0.15, 0.2) is 24.3 Å². The molecule has 10 nitrogen and oxygen atoms in total. The number of unbranched alkanes of at least 4 members (excludes halogenated alkanes) is 28. The molecule has 1 fully saturated rings. The van der Waals surface area contributed by atoms with Gasteiger partial charge in [-0.2, -0.15) is 0 Å². The third kappa shape index (κ3) is 28.2. The Morgan fingerprint density at radius 3 is 1.45 bits per heavy atom. The number of aliphatic hydroxyl groups is 6. The minimum absolute atomic E-state index is 0.259. The zero-order chi connectivity index (χ0) is 42.5. The van der Waals surface area contributed by atoms with Gasteiger partial charge in [0.25, 0.3) is 5.91 Å². The minimum atomic E-state index is -1.71. The van der Waals surface area contributed by atoms with Crippen LogP contribution in [0, 0.1) is 0 Å². The maximum atomic E-state index is 13.0. The number of allylic oxidation sites excluding steroid dienone is 3. The Hall–Kier alpha value is -1.37. The fourth-order valence-electron chi connectivity index (χ4n) is 7.65. The zero-order valence-electron chi connectivity index (χ0n) is 37.2. The van der Waals surface area contributed by atoms with Gasteiger partial charge in [0.05, 0.1) is 6.61 Å². The topological polar surface area (TPSA) is 169 Å². The number of rotatable bonds is 40. The number of hydrogen-bond donors (Lipinski definition) is 7. The van der Waals surface area contributed by atoms with E-state index in [4.69, 9.17) is 9.47 Å². The van der Waals surface area contributed by atoms with Crippen LogP contribution < -0.4 is 5.32 Å². The molecule has 0 aromatic rings. The van der Waals surface area contributed by atoms with Gasteiger partial charge in [-0.05, 0) is 32.1 Å². The summed E-state index contributed by atoms with van der Waals surface area (Å²) in [7, 11) is 0. The van der Waals surface area contributed by atoms with Crippen molar-refractivity contribution in [2.24, 2.45) is 0 Å². The Bertz CT molecular complexity index is 979. The number of ether oxygens (including phenoxy) is 2. The predicted octanol–water partition coefficient (Wildman–Crippen LogP) is 9.60. The molecule has 10 heteroatoms. The van der Waals surface area contributed by atoms with Crippen LogP contribution in [0.25, 0.3) is 0 Å². The monoisotopic (exact) mass is 826 g/mol. The Labute approximate surface area is 354 Å². The Morgan fingerprint density at radius 1 is 0.569 bits per heavy atom. The van der Waals surface area contributed by atoms with Gasteiger partial charge in [0, 0.05) is 0 Å².